The van der Waals surface area contributed by atoms with Crippen LogP contribution in [0, 0.1) is 0 Å². The fraction of sp³-hybridized carbons (Fsp3) is 0.267. The van der Waals surface area contributed by atoms with Crippen LogP contribution in [0.4, 0.5) is 5.82 Å². The second-order valence-corrected chi connectivity index (χ2v) is 6.03. The van der Waals surface area contributed by atoms with Crippen LogP contribution in [0.15, 0.2) is 41.0 Å². The summed E-state index contributed by atoms with van der Waals surface area (Å²) in [7, 11) is 2.02. The molecule has 20 heavy (non-hydrogen) atoms. The summed E-state index contributed by atoms with van der Waals surface area (Å²) in [5, 5.41) is 0.744. The highest BCUT2D eigenvalue weighted by atomic mass is 79.9. The summed E-state index contributed by atoms with van der Waals surface area (Å²) in [6.45, 7) is 2.59. The van der Waals surface area contributed by atoms with Gasteiger partial charge in [0.25, 0.3) is 0 Å². The average Bonchev–Trinajstić information content (AvgIpc) is 2.46. The van der Waals surface area contributed by atoms with Crippen LogP contribution in [0.3, 0.4) is 0 Å². The minimum Gasteiger partial charge on any atom is -0.353 e. The lowest BCUT2D eigenvalue weighted by atomic mass is 10.1. The van der Waals surface area contributed by atoms with Crippen molar-refractivity contribution in [3.05, 3.63) is 57.2 Å². The van der Waals surface area contributed by atoms with E-state index in [1.807, 2.05) is 37.4 Å². The maximum absolute atomic E-state index is 5.93. The first-order chi connectivity index (χ1) is 9.52. The molecule has 0 bridgehead atoms. The van der Waals surface area contributed by atoms with E-state index in [-0.39, 0.29) is 6.04 Å². The van der Waals surface area contributed by atoms with Crippen LogP contribution >= 0.6 is 27.5 Å². The summed E-state index contributed by atoms with van der Waals surface area (Å²) in [5.41, 5.74) is 8.01. The molecule has 0 aliphatic carbocycles. The predicted octanol–water partition coefficient (Wildman–Crippen LogP) is 4.15. The van der Waals surface area contributed by atoms with Gasteiger partial charge in [-0.1, -0.05) is 23.7 Å². The first-order valence-electron chi connectivity index (χ1n) is 6.35. The van der Waals surface area contributed by atoms with Crippen molar-refractivity contribution in [1.82, 2.24) is 4.98 Å². The lowest BCUT2D eigenvalue weighted by molar-refractivity contribution is 0.722. The van der Waals surface area contributed by atoms with Gasteiger partial charge in [0.05, 0.1) is 6.04 Å². The van der Waals surface area contributed by atoms with Crippen LogP contribution in [0.5, 0.6) is 0 Å². The van der Waals surface area contributed by atoms with E-state index in [1.165, 1.54) is 5.56 Å². The summed E-state index contributed by atoms with van der Waals surface area (Å²) >= 11 is 9.36. The number of pyridine rings is 1. The molecule has 0 amide bonds. The molecule has 2 rings (SSSR count). The number of aromatic nitrogens is 1. The maximum Gasteiger partial charge on any atom is 0.133 e. The molecule has 3 nitrogen and oxygen atoms in total. The first kappa shape index (κ1) is 15.3. The molecule has 0 saturated heterocycles. The van der Waals surface area contributed by atoms with Crippen molar-refractivity contribution in [2.24, 2.45) is 5.73 Å². The van der Waals surface area contributed by atoms with Gasteiger partial charge in [0.2, 0.25) is 0 Å². The van der Waals surface area contributed by atoms with Gasteiger partial charge in [0, 0.05) is 34.8 Å². The van der Waals surface area contributed by atoms with E-state index in [0.29, 0.717) is 6.54 Å². The van der Waals surface area contributed by atoms with Crippen molar-refractivity contribution in [2.45, 2.75) is 19.5 Å². The van der Waals surface area contributed by atoms with E-state index >= 15 is 0 Å². The predicted molar refractivity (Wildman–Crippen MR) is 88.1 cm³/mol. The number of rotatable bonds is 4. The van der Waals surface area contributed by atoms with Crippen LogP contribution in [-0.4, -0.2) is 12.0 Å². The number of halogens is 2. The quantitative estimate of drug-likeness (QED) is 0.896. The van der Waals surface area contributed by atoms with Crippen LogP contribution in [0.1, 0.15) is 24.1 Å². The third-order valence-electron chi connectivity index (χ3n) is 3.40. The van der Waals surface area contributed by atoms with Crippen LogP contribution in [0.2, 0.25) is 5.02 Å². The summed E-state index contributed by atoms with van der Waals surface area (Å²) in [6.07, 6.45) is 1.79. The Kier molecular flexibility index (Phi) is 5.02. The zero-order valence-corrected chi connectivity index (χ0v) is 13.8. The molecular weight excluding hydrogens is 338 g/mol. The lowest BCUT2D eigenvalue weighted by Crippen LogP contribution is -2.24. The van der Waals surface area contributed by atoms with Crippen LogP contribution in [0.25, 0.3) is 0 Å². The second-order valence-electron chi connectivity index (χ2n) is 4.68. The van der Waals surface area contributed by atoms with E-state index in [9.17, 15) is 0 Å². The minimum atomic E-state index is 0.186. The van der Waals surface area contributed by atoms with Crippen LogP contribution < -0.4 is 10.6 Å². The topological polar surface area (TPSA) is 42.2 Å². The molecule has 1 unspecified atom stereocenters. The Hall–Kier alpha value is -1.10. The molecule has 0 aliphatic heterocycles. The number of nitrogens with two attached hydrogens (primary N) is 1. The zero-order valence-electron chi connectivity index (χ0n) is 11.5. The van der Waals surface area contributed by atoms with E-state index in [0.717, 1.165) is 20.9 Å². The Labute approximate surface area is 132 Å². The highest BCUT2D eigenvalue weighted by Gasteiger charge is 2.16. The first-order valence-corrected chi connectivity index (χ1v) is 7.52. The lowest BCUT2D eigenvalue weighted by Gasteiger charge is -2.28. The molecule has 0 aliphatic rings. The molecule has 106 valence electrons. The molecule has 1 atom stereocenters. The molecule has 0 spiro atoms. The second kappa shape index (κ2) is 6.57. The number of benzene rings is 1. The Balaban J connectivity index is 2.30. The van der Waals surface area contributed by atoms with Gasteiger partial charge in [-0.25, -0.2) is 4.98 Å². The van der Waals surface area contributed by atoms with Gasteiger partial charge in [-0.3, -0.25) is 0 Å². The van der Waals surface area contributed by atoms with Crippen molar-refractivity contribution in [1.29, 1.82) is 0 Å². The number of hydrogen-bond acceptors (Lipinski definition) is 3. The van der Waals surface area contributed by atoms with E-state index in [1.54, 1.807) is 6.20 Å². The molecule has 0 fully saturated rings. The van der Waals surface area contributed by atoms with Gasteiger partial charge >= 0.3 is 0 Å². The number of hydrogen-bond donors (Lipinski definition) is 1. The van der Waals surface area contributed by atoms with E-state index in [4.69, 9.17) is 17.3 Å². The zero-order chi connectivity index (χ0) is 14.7. The van der Waals surface area contributed by atoms with Gasteiger partial charge in [-0.2, -0.15) is 0 Å². The maximum atomic E-state index is 5.93. The Morgan fingerprint density at radius 1 is 1.35 bits per heavy atom. The smallest absolute Gasteiger partial charge is 0.133 e. The SMILES string of the molecule is CC(c1ccc(Cl)cc1)N(C)c1ncc(Br)cc1CN. The van der Waals surface area contributed by atoms with Crippen molar-refractivity contribution in [3.63, 3.8) is 0 Å². The summed E-state index contributed by atoms with van der Waals surface area (Å²) in [5.74, 6) is 0.901. The van der Waals surface area contributed by atoms with Gasteiger partial charge in [-0.05, 0) is 46.6 Å². The summed E-state index contributed by atoms with van der Waals surface area (Å²) < 4.78 is 0.939. The monoisotopic (exact) mass is 353 g/mol. The highest BCUT2D eigenvalue weighted by molar-refractivity contribution is 9.10. The van der Waals surface area contributed by atoms with Gasteiger partial charge in [0.15, 0.2) is 0 Å². The Morgan fingerprint density at radius 2 is 2.00 bits per heavy atom. The van der Waals surface area contributed by atoms with E-state index < -0.39 is 0 Å². The molecule has 5 heteroatoms. The Bertz CT molecular complexity index is 586. The molecule has 1 aromatic carbocycles. The van der Waals surface area contributed by atoms with Gasteiger partial charge in [-0.15, -0.1) is 0 Å². The third kappa shape index (κ3) is 3.32. The van der Waals surface area contributed by atoms with Crippen molar-refractivity contribution in [3.8, 4) is 0 Å². The highest BCUT2D eigenvalue weighted by Crippen LogP contribution is 2.28. The third-order valence-corrected chi connectivity index (χ3v) is 4.08. The van der Waals surface area contributed by atoms with Crippen molar-refractivity contribution >= 4 is 33.3 Å². The van der Waals surface area contributed by atoms with Crippen molar-refractivity contribution < 1.29 is 0 Å². The van der Waals surface area contributed by atoms with Crippen LogP contribution in [-0.2, 0) is 6.54 Å². The number of nitrogens with zero attached hydrogens (tertiary/aromatic N) is 2. The fourth-order valence-corrected chi connectivity index (χ4v) is 2.59. The van der Waals surface area contributed by atoms with Gasteiger partial charge in [0.1, 0.15) is 5.82 Å². The molecule has 1 heterocycles. The largest absolute Gasteiger partial charge is 0.353 e. The molecule has 2 aromatic rings. The van der Waals surface area contributed by atoms with Crippen molar-refractivity contribution in [2.75, 3.05) is 11.9 Å². The average molecular weight is 355 g/mol. The van der Waals surface area contributed by atoms with Gasteiger partial charge < -0.3 is 10.6 Å². The molecule has 0 radical (unpaired) electrons. The number of anilines is 1. The standard InChI is InChI=1S/C15H17BrClN3/c1-10(11-3-5-14(17)6-4-11)20(2)15-12(8-18)7-13(16)9-19-15/h3-7,9-10H,8,18H2,1-2H3. The normalized spacial score (nSPS) is 12.2. The summed E-state index contributed by atoms with van der Waals surface area (Å²) in [6, 6.07) is 10.1. The summed E-state index contributed by atoms with van der Waals surface area (Å²) in [4.78, 5) is 6.61. The minimum absolute atomic E-state index is 0.186. The molecule has 0 saturated carbocycles. The van der Waals surface area contributed by atoms with E-state index in [2.05, 4.69) is 32.7 Å². The Morgan fingerprint density at radius 3 is 2.60 bits per heavy atom. The molecular formula is C15H17BrClN3. The molecule has 1 aromatic heterocycles. The molecule has 2 N–H and O–H groups in total. The fourth-order valence-electron chi connectivity index (χ4n) is 2.09.